The van der Waals surface area contributed by atoms with Crippen LogP contribution in [0, 0.1) is 3.57 Å². The van der Waals surface area contributed by atoms with Crippen molar-refractivity contribution in [2.75, 3.05) is 20.8 Å². The fourth-order valence-electron chi connectivity index (χ4n) is 2.72. The number of ether oxygens (including phenoxy) is 3. The Balaban J connectivity index is 1.81. The molecule has 162 valence electrons. The molecule has 1 saturated heterocycles. The summed E-state index contributed by atoms with van der Waals surface area (Å²) in [5.74, 6) is 0.290. The average molecular weight is 555 g/mol. The summed E-state index contributed by atoms with van der Waals surface area (Å²) in [7, 11) is 2.76. The van der Waals surface area contributed by atoms with Gasteiger partial charge in [-0.3, -0.25) is 14.5 Å². The highest BCUT2D eigenvalue weighted by molar-refractivity contribution is 14.1. The number of carbonyl (C=O) groups is 3. The fraction of sp³-hybridized carbons (Fsp3) is 0.190. The number of rotatable bonds is 8. The zero-order valence-electron chi connectivity index (χ0n) is 16.7. The van der Waals surface area contributed by atoms with E-state index in [2.05, 4.69) is 33.9 Å². The Labute approximate surface area is 196 Å². The van der Waals surface area contributed by atoms with Crippen LogP contribution in [0.3, 0.4) is 0 Å². The van der Waals surface area contributed by atoms with Gasteiger partial charge in [-0.05, 0) is 70.3 Å². The molecule has 1 fully saturated rings. The van der Waals surface area contributed by atoms with Gasteiger partial charge in [-0.1, -0.05) is 12.7 Å². The van der Waals surface area contributed by atoms with Crippen LogP contribution in [0.2, 0.25) is 0 Å². The lowest BCUT2D eigenvalue weighted by Crippen LogP contribution is -2.27. The molecule has 0 aliphatic carbocycles. The summed E-state index contributed by atoms with van der Waals surface area (Å²) in [5.41, 5.74) is 0.684. The second-order valence-corrected chi connectivity index (χ2v) is 8.31. The van der Waals surface area contributed by atoms with Crippen molar-refractivity contribution in [2.24, 2.45) is 0 Å². The summed E-state index contributed by atoms with van der Waals surface area (Å²) >= 11 is 2.94. The van der Waals surface area contributed by atoms with Gasteiger partial charge < -0.3 is 18.6 Å². The number of halogens is 1. The van der Waals surface area contributed by atoms with Gasteiger partial charge in [-0.2, -0.15) is 0 Å². The number of hydrogen-bond acceptors (Lipinski definition) is 8. The molecule has 0 saturated carbocycles. The third kappa shape index (κ3) is 5.13. The Kier molecular flexibility index (Phi) is 7.44. The van der Waals surface area contributed by atoms with Crippen LogP contribution in [0.25, 0.3) is 6.08 Å². The Hall–Kier alpha value is -2.73. The zero-order valence-corrected chi connectivity index (χ0v) is 19.7. The molecule has 1 aliphatic rings. The molecule has 2 heterocycles. The molecular weight excluding hydrogens is 537 g/mol. The van der Waals surface area contributed by atoms with E-state index in [4.69, 9.17) is 13.9 Å². The van der Waals surface area contributed by atoms with Gasteiger partial charge in [0.25, 0.3) is 11.1 Å². The van der Waals surface area contributed by atoms with Gasteiger partial charge in [0, 0.05) is 0 Å². The van der Waals surface area contributed by atoms with Crippen molar-refractivity contribution >= 4 is 57.5 Å². The second kappa shape index (κ2) is 10.1. The highest BCUT2D eigenvalue weighted by Gasteiger charge is 2.36. The minimum Gasteiger partial charge on any atom is -0.493 e. The Morgan fingerprint density at radius 2 is 2.06 bits per heavy atom. The molecule has 0 bridgehead atoms. The van der Waals surface area contributed by atoms with Crippen molar-refractivity contribution in [3.63, 3.8) is 0 Å². The number of esters is 1. The van der Waals surface area contributed by atoms with E-state index in [0.717, 1.165) is 20.2 Å². The average Bonchev–Trinajstić information content (AvgIpc) is 3.32. The van der Waals surface area contributed by atoms with Crippen molar-refractivity contribution in [1.82, 2.24) is 4.90 Å². The van der Waals surface area contributed by atoms with Crippen molar-refractivity contribution in [2.45, 2.75) is 6.54 Å². The smallest absolute Gasteiger partial charge is 0.373 e. The molecule has 0 unspecified atom stereocenters. The summed E-state index contributed by atoms with van der Waals surface area (Å²) in [6.45, 7) is 3.87. The van der Waals surface area contributed by atoms with E-state index in [0.29, 0.717) is 29.4 Å². The van der Waals surface area contributed by atoms with E-state index in [1.165, 1.54) is 26.4 Å². The highest BCUT2D eigenvalue weighted by Crippen LogP contribution is 2.37. The fourth-order valence-corrected chi connectivity index (χ4v) is 4.34. The number of benzene rings is 1. The van der Waals surface area contributed by atoms with Crippen molar-refractivity contribution in [3.05, 3.63) is 62.5 Å². The summed E-state index contributed by atoms with van der Waals surface area (Å²) in [5, 5.41) is -0.431. The molecule has 1 aromatic heterocycles. The van der Waals surface area contributed by atoms with Gasteiger partial charge in [-0.25, -0.2) is 4.79 Å². The highest BCUT2D eigenvalue weighted by atomic mass is 127. The molecule has 1 aliphatic heterocycles. The van der Waals surface area contributed by atoms with E-state index >= 15 is 0 Å². The van der Waals surface area contributed by atoms with Crippen molar-refractivity contribution < 1.29 is 33.0 Å². The number of thioether (sulfide) groups is 1. The lowest BCUT2D eigenvalue weighted by atomic mass is 10.2. The molecule has 2 aromatic rings. The maximum Gasteiger partial charge on any atom is 0.373 e. The largest absolute Gasteiger partial charge is 0.493 e. The van der Waals surface area contributed by atoms with Crippen LogP contribution < -0.4 is 9.47 Å². The van der Waals surface area contributed by atoms with E-state index in [9.17, 15) is 14.4 Å². The topological polar surface area (TPSA) is 95.3 Å². The van der Waals surface area contributed by atoms with Gasteiger partial charge in [0.1, 0.15) is 12.4 Å². The molecular formula is C21H18INO7S. The first-order valence-corrected chi connectivity index (χ1v) is 10.8. The first-order chi connectivity index (χ1) is 14.9. The number of hydrogen-bond donors (Lipinski definition) is 0. The van der Waals surface area contributed by atoms with Gasteiger partial charge in [0.2, 0.25) is 5.76 Å². The van der Waals surface area contributed by atoms with Crippen LogP contribution in [0.4, 0.5) is 4.79 Å². The van der Waals surface area contributed by atoms with Crippen LogP contribution in [0.15, 0.2) is 46.2 Å². The van der Waals surface area contributed by atoms with Crippen LogP contribution in [0.1, 0.15) is 21.9 Å². The summed E-state index contributed by atoms with van der Waals surface area (Å²) < 4.78 is 21.8. The van der Waals surface area contributed by atoms with Crippen LogP contribution in [0.5, 0.6) is 11.5 Å². The van der Waals surface area contributed by atoms with E-state index in [1.54, 1.807) is 18.2 Å². The van der Waals surface area contributed by atoms with E-state index in [1.807, 2.05) is 6.07 Å². The summed E-state index contributed by atoms with van der Waals surface area (Å²) in [6.07, 6.45) is 3.25. The number of furan rings is 1. The van der Waals surface area contributed by atoms with Gasteiger partial charge in [0.05, 0.1) is 29.2 Å². The second-order valence-electron chi connectivity index (χ2n) is 6.16. The van der Waals surface area contributed by atoms with Gasteiger partial charge >= 0.3 is 5.97 Å². The first-order valence-electron chi connectivity index (χ1n) is 8.91. The first kappa shape index (κ1) is 22.9. The lowest BCUT2D eigenvalue weighted by molar-refractivity contribution is -0.123. The molecule has 1 aromatic carbocycles. The maximum atomic E-state index is 12.8. The molecule has 0 radical (unpaired) electrons. The Bertz CT molecular complexity index is 1080. The van der Waals surface area contributed by atoms with Crippen molar-refractivity contribution in [3.8, 4) is 11.5 Å². The predicted octanol–water partition coefficient (Wildman–Crippen LogP) is 4.48. The summed E-state index contributed by atoms with van der Waals surface area (Å²) in [6, 6.07) is 6.50. The van der Waals surface area contributed by atoms with Crippen molar-refractivity contribution in [1.29, 1.82) is 0 Å². The predicted molar refractivity (Wildman–Crippen MR) is 123 cm³/mol. The molecule has 10 heteroatoms. The number of methoxy groups -OCH3 is 2. The number of carbonyl (C=O) groups excluding carboxylic acids is 3. The van der Waals surface area contributed by atoms with Crippen LogP contribution >= 0.6 is 34.4 Å². The molecule has 0 atom stereocenters. The maximum absolute atomic E-state index is 12.8. The monoisotopic (exact) mass is 555 g/mol. The molecule has 2 amide bonds. The molecule has 8 nitrogen and oxygen atoms in total. The van der Waals surface area contributed by atoms with Gasteiger partial charge in [0.15, 0.2) is 11.5 Å². The Morgan fingerprint density at radius 1 is 1.29 bits per heavy atom. The number of nitrogens with zero attached hydrogens (tertiary/aromatic N) is 1. The molecule has 31 heavy (non-hydrogen) atoms. The van der Waals surface area contributed by atoms with Gasteiger partial charge in [-0.15, -0.1) is 0 Å². The van der Waals surface area contributed by atoms with Crippen LogP contribution in [-0.2, 0) is 16.1 Å². The molecule has 3 rings (SSSR count). The Morgan fingerprint density at radius 3 is 2.74 bits per heavy atom. The van der Waals surface area contributed by atoms with Crippen LogP contribution in [-0.4, -0.2) is 42.8 Å². The third-order valence-electron chi connectivity index (χ3n) is 4.13. The molecule has 0 N–H and O–H groups in total. The molecule has 0 spiro atoms. The quantitative estimate of drug-likeness (QED) is 0.204. The normalized spacial score (nSPS) is 14.8. The van der Waals surface area contributed by atoms with E-state index in [-0.39, 0.29) is 17.2 Å². The minimum absolute atomic E-state index is 0.000414. The van der Waals surface area contributed by atoms with E-state index < -0.39 is 17.1 Å². The summed E-state index contributed by atoms with van der Waals surface area (Å²) in [4.78, 5) is 38.0. The standard InChI is InChI=1S/C21H18INO7S/c1-4-7-29-18-14(22)8-12(9-16(18)27-2)10-17-19(24)23(21(26)31-17)11-13-5-6-15(30-13)20(25)28-3/h4-6,8-10H,1,7,11H2,2-3H3/b17-10-. The minimum atomic E-state index is -0.635. The zero-order chi connectivity index (χ0) is 22.5. The third-order valence-corrected chi connectivity index (χ3v) is 5.84. The number of imide groups is 1. The SMILES string of the molecule is C=CCOc1c(I)cc(/C=C2\SC(=O)N(Cc3ccc(C(=O)OC)o3)C2=O)cc1OC. The lowest BCUT2D eigenvalue weighted by Gasteiger charge is -2.12. The number of amides is 2.